The van der Waals surface area contributed by atoms with Gasteiger partial charge in [-0.15, -0.1) is 0 Å². The van der Waals surface area contributed by atoms with Gasteiger partial charge in [-0.05, 0) is 28.1 Å². The highest BCUT2D eigenvalue weighted by Crippen LogP contribution is 2.21. The maximum absolute atomic E-state index is 12.8. The molecule has 0 saturated carbocycles. The molecule has 0 aliphatic heterocycles. The zero-order valence-corrected chi connectivity index (χ0v) is 7.39. The number of benzene rings is 1. The van der Waals surface area contributed by atoms with E-state index in [2.05, 4.69) is 15.9 Å². The Labute approximate surface area is 77.0 Å². The van der Waals surface area contributed by atoms with Crippen LogP contribution >= 0.6 is 15.9 Å². The lowest BCUT2D eigenvalue weighted by atomic mass is 10.1. The van der Waals surface area contributed by atoms with E-state index in [1.165, 1.54) is 6.07 Å². The molecule has 0 unspecified atom stereocenters. The van der Waals surface area contributed by atoms with Crippen LogP contribution in [0.4, 0.5) is 4.39 Å². The first-order chi connectivity index (χ1) is 5.70. The van der Waals surface area contributed by atoms with Gasteiger partial charge < -0.3 is 0 Å². The lowest BCUT2D eigenvalue weighted by Crippen LogP contribution is -1.90. The monoisotopic (exact) mass is 224 g/mol. The molecule has 0 saturated heterocycles. The van der Waals surface area contributed by atoms with E-state index in [-0.39, 0.29) is 11.1 Å². The molecule has 58 valence electrons. The second kappa shape index (κ2) is 3.34. The molecule has 0 N–H and O–H groups in total. The number of nitrogens with zero attached hydrogens (tertiary/aromatic N) is 2. The molecule has 0 aromatic heterocycles. The average Bonchev–Trinajstić information content (AvgIpc) is 2.08. The van der Waals surface area contributed by atoms with Gasteiger partial charge in [-0.2, -0.15) is 10.5 Å². The van der Waals surface area contributed by atoms with Crippen LogP contribution in [0.3, 0.4) is 0 Å². The van der Waals surface area contributed by atoms with E-state index in [4.69, 9.17) is 10.5 Å². The smallest absolute Gasteiger partial charge is 0.142 e. The molecule has 4 heteroatoms. The van der Waals surface area contributed by atoms with Crippen molar-refractivity contribution in [2.24, 2.45) is 0 Å². The second-order valence-electron chi connectivity index (χ2n) is 2.00. The van der Waals surface area contributed by atoms with Crippen molar-refractivity contribution >= 4 is 15.9 Å². The molecule has 0 heterocycles. The largest absolute Gasteiger partial charge is 0.205 e. The van der Waals surface area contributed by atoms with E-state index in [0.717, 1.165) is 6.07 Å². The minimum atomic E-state index is -0.669. The van der Waals surface area contributed by atoms with Crippen molar-refractivity contribution < 1.29 is 4.39 Å². The van der Waals surface area contributed by atoms with Crippen molar-refractivity contribution in [2.45, 2.75) is 0 Å². The van der Waals surface area contributed by atoms with Gasteiger partial charge in [0, 0.05) is 4.47 Å². The number of rotatable bonds is 0. The Morgan fingerprint density at radius 3 is 2.17 bits per heavy atom. The first-order valence-corrected chi connectivity index (χ1v) is 3.78. The molecule has 0 aliphatic rings. The Morgan fingerprint density at radius 2 is 1.75 bits per heavy atom. The number of nitriles is 2. The van der Waals surface area contributed by atoms with Gasteiger partial charge in [-0.25, -0.2) is 4.39 Å². The van der Waals surface area contributed by atoms with Crippen LogP contribution in [0.2, 0.25) is 0 Å². The molecule has 0 fully saturated rings. The van der Waals surface area contributed by atoms with Crippen molar-refractivity contribution in [3.05, 3.63) is 33.5 Å². The highest BCUT2D eigenvalue weighted by molar-refractivity contribution is 9.10. The Bertz CT molecular complexity index is 362. The van der Waals surface area contributed by atoms with Gasteiger partial charge in [0.15, 0.2) is 0 Å². The molecule has 0 aliphatic carbocycles. The van der Waals surface area contributed by atoms with Crippen LogP contribution in [0.15, 0.2) is 16.6 Å². The molecule has 1 aromatic carbocycles. The summed E-state index contributed by atoms with van der Waals surface area (Å²) in [5.74, 6) is -0.669. The molecule has 12 heavy (non-hydrogen) atoms. The van der Waals surface area contributed by atoms with Gasteiger partial charge >= 0.3 is 0 Å². The highest BCUT2D eigenvalue weighted by Gasteiger charge is 2.10. The Balaban J connectivity index is 3.55. The van der Waals surface area contributed by atoms with E-state index >= 15 is 0 Å². The molecule has 0 radical (unpaired) electrons. The highest BCUT2D eigenvalue weighted by atomic mass is 79.9. The molecule has 0 bridgehead atoms. The first-order valence-electron chi connectivity index (χ1n) is 2.99. The first kappa shape index (κ1) is 8.70. The summed E-state index contributed by atoms with van der Waals surface area (Å²) in [6, 6.07) is 5.91. The van der Waals surface area contributed by atoms with Crippen LogP contribution in [-0.4, -0.2) is 0 Å². The van der Waals surface area contributed by atoms with E-state index in [1.54, 1.807) is 12.1 Å². The molecule has 1 aromatic rings. The van der Waals surface area contributed by atoms with E-state index in [9.17, 15) is 4.39 Å². The van der Waals surface area contributed by atoms with Gasteiger partial charge in [0.2, 0.25) is 0 Å². The zero-order valence-electron chi connectivity index (χ0n) is 5.81. The van der Waals surface area contributed by atoms with Crippen LogP contribution in [0.25, 0.3) is 0 Å². The summed E-state index contributed by atoms with van der Waals surface area (Å²) < 4.78 is 13.3. The number of halogens is 2. The molecule has 0 spiro atoms. The Kier molecular flexibility index (Phi) is 2.42. The summed E-state index contributed by atoms with van der Waals surface area (Å²) in [6.45, 7) is 0. The van der Waals surface area contributed by atoms with Crippen molar-refractivity contribution in [1.82, 2.24) is 0 Å². The van der Waals surface area contributed by atoms with E-state index in [0.29, 0.717) is 4.47 Å². The molecular weight excluding hydrogens is 223 g/mol. The Hall–Kier alpha value is -1.39. The third-order valence-corrected chi connectivity index (χ3v) is 1.99. The number of hydrogen-bond donors (Lipinski definition) is 0. The normalized spacial score (nSPS) is 8.67. The molecule has 0 atom stereocenters. The van der Waals surface area contributed by atoms with E-state index < -0.39 is 5.82 Å². The van der Waals surface area contributed by atoms with Gasteiger partial charge in [-0.3, -0.25) is 0 Å². The van der Waals surface area contributed by atoms with Crippen LogP contribution < -0.4 is 0 Å². The lowest BCUT2D eigenvalue weighted by molar-refractivity contribution is 0.623. The summed E-state index contributed by atoms with van der Waals surface area (Å²) in [7, 11) is 0. The van der Waals surface area contributed by atoms with Crippen molar-refractivity contribution in [1.29, 1.82) is 10.5 Å². The Morgan fingerprint density at radius 1 is 1.17 bits per heavy atom. The maximum atomic E-state index is 12.8. The van der Waals surface area contributed by atoms with Crippen LogP contribution in [0.5, 0.6) is 0 Å². The molecular formula is C8H2BrFN2. The van der Waals surface area contributed by atoms with Gasteiger partial charge in [-0.1, -0.05) is 0 Å². The van der Waals surface area contributed by atoms with E-state index in [1.807, 2.05) is 0 Å². The van der Waals surface area contributed by atoms with Gasteiger partial charge in [0.25, 0.3) is 0 Å². The predicted octanol–water partition coefficient (Wildman–Crippen LogP) is 2.33. The summed E-state index contributed by atoms with van der Waals surface area (Å²) in [6.07, 6.45) is 0. The third-order valence-electron chi connectivity index (χ3n) is 1.33. The number of hydrogen-bond acceptors (Lipinski definition) is 2. The summed E-state index contributed by atoms with van der Waals surface area (Å²) in [5.41, 5.74) is -0.177. The summed E-state index contributed by atoms with van der Waals surface area (Å²) in [5, 5.41) is 17.0. The van der Waals surface area contributed by atoms with Crippen molar-refractivity contribution in [3.8, 4) is 12.1 Å². The fraction of sp³-hybridized carbons (Fsp3) is 0. The molecule has 2 nitrogen and oxygen atoms in total. The zero-order chi connectivity index (χ0) is 9.14. The van der Waals surface area contributed by atoms with Crippen LogP contribution in [-0.2, 0) is 0 Å². The average molecular weight is 225 g/mol. The lowest BCUT2D eigenvalue weighted by Gasteiger charge is -1.97. The SMILES string of the molecule is N#Cc1c(F)ccc(Br)c1C#N. The van der Waals surface area contributed by atoms with Gasteiger partial charge in [0.05, 0.1) is 5.56 Å². The van der Waals surface area contributed by atoms with Gasteiger partial charge in [0.1, 0.15) is 23.5 Å². The van der Waals surface area contributed by atoms with Crippen LogP contribution in [0, 0.1) is 28.5 Å². The fourth-order valence-electron chi connectivity index (χ4n) is 0.770. The topological polar surface area (TPSA) is 47.6 Å². The fourth-order valence-corrected chi connectivity index (χ4v) is 1.19. The minimum absolute atomic E-state index is 0.0394. The standard InChI is InChI=1S/C8H2BrFN2/c9-7-1-2-8(10)6(4-12)5(7)3-11/h1-2H. The molecule has 0 amide bonds. The second-order valence-corrected chi connectivity index (χ2v) is 2.86. The van der Waals surface area contributed by atoms with Crippen molar-refractivity contribution in [2.75, 3.05) is 0 Å². The third kappa shape index (κ3) is 1.30. The molecule has 1 rings (SSSR count). The van der Waals surface area contributed by atoms with Crippen LogP contribution in [0.1, 0.15) is 11.1 Å². The maximum Gasteiger partial charge on any atom is 0.142 e. The van der Waals surface area contributed by atoms with Crippen molar-refractivity contribution in [3.63, 3.8) is 0 Å². The quantitative estimate of drug-likeness (QED) is 0.680. The summed E-state index contributed by atoms with van der Waals surface area (Å²) in [4.78, 5) is 0. The minimum Gasteiger partial charge on any atom is -0.205 e. The predicted molar refractivity (Wildman–Crippen MR) is 43.5 cm³/mol. The summed E-state index contributed by atoms with van der Waals surface area (Å²) >= 11 is 3.04.